The number of carboxylic acid groups (broad SMARTS) is 1. The number of nitrogens with zero attached hydrogens (tertiary/aromatic N) is 2. The molecule has 9 nitrogen and oxygen atoms in total. The van der Waals surface area contributed by atoms with Crippen LogP contribution in [0.3, 0.4) is 0 Å². The fourth-order valence-electron chi connectivity index (χ4n) is 7.48. The first-order valence-electron chi connectivity index (χ1n) is 16.8. The molecule has 0 bridgehead atoms. The summed E-state index contributed by atoms with van der Waals surface area (Å²) in [5, 5.41) is 23.6. The van der Waals surface area contributed by atoms with Crippen molar-refractivity contribution in [3.8, 4) is 5.75 Å². The number of benzene rings is 2. The van der Waals surface area contributed by atoms with Gasteiger partial charge in [-0.1, -0.05) is 69.4 Å². The van der Waals surface area contributed by atoms with Gasteiger partial charge < -0.3 is 25.2 Å². The molecule has 3 aliphatic rings. The molecule has 3 fully saturated rings. The number of hydrogen-bond acceptors (Lipinski definition) is 6. The Morgan fingerprint density at radius 2 is 1.67 bits per heavy atom. The number of amides is 2. The van der Waals surface area contributed by atoms with E-state index in [9.17, 15) is 24.6 Å². The van der Waals surface area contributed by atoms with E-state index in [1.54, 1.807) is 25.3 Å². The summed E-state index contributed by atoms with van der Waals surface area (Å²) >= 11 is 0. The van der Waals surface area contributed by atoms with Gasteiger partial charge in [-0.2, -0.15) is 0 Å². The van der Waals surface area contributed by atoms with Crippen molar-refractivity contribution in [1.82, 2.24) is 15.1 Å². The van der Waals surface area contributed by atoms with Gasteiger partial charge in [-0.25, -0.2) is 4.79 Å². The van der Waals surface area contributed by atoms with E-state index in [-0.39, 0.29) is 35.7 Å². The van der Waals surface area contributed by atoms with Crippen LogP contribution in [0.2, 0.25) is 0 Å². The third-order valence-electron chi connectivity index (χ3n) is 10.3. The minimum Gasteiger partial charge on any atom is -0.496 e. The van der Waals surface area contributed by atoms with Crippen LogP contribution in [0.15, 0.2) is 42.5 Å². The van der Waals surface area contributed by atoms with E-state index in [1.807, 2.05) is 4.90 Å². The van der Waals surface area contributed by atoms with E-state index in [4.69, 9.17) is 4.74 Å². The Kier molecular flexibility index (Phi) is 12.5. The molecular weight excluding hydrogens is 606 g/mol. The van der Waals surface area contributed by atoms with Gasteiger partial charge in [-0.3, -0.25) is 14.5 Å². The number of halogens is 1. The van der Waals surface area contributed by atoms with Gasteiger partial charge in [-0.05, 0) is 66.8 Å². The number of piperidine rings is 1. The third-order valence-corrected chi connectivity index (χ3v) is 10.3. The molecule has 5 rings (SSSR count). The summed E-state index contributed by atoms with van der Waals surface area (Å²) in [5.74, 6) is -0.587. The normalized spacial score (nSPS) is 21.3. The summed E-state index contributed by atoms with van der Waals surface area (Å²) < 4.78 is 5.44. The van der Waals surface area contributed by atoms with E-state index in [1.165, 1.54) is 18.4 Å². The van der Waals surface area contributed by atoms with Crippen LogP contribution >= 0.6 is 12.4 Å². The highest BCUT2D eigenvalue weighted by atomic mass is 35.5. The second kappa shape index (κ2) is 16.1. The molecule has 1 saturated carbocycles. The number of ether oxygens (including phenoxy) is 1. The molecule has 2 saturated heterocycles. The van der Waals surface area contributed by atoms with Crippen LogP contribution in [0.5, 0.6) is 5.75 Å². The molecule has 46 heavy (non-hydrogen) atoms. The first kappa shape index (κ1) is 35.7. The van der Waals surface area contributed by atoms with Crippen molar-refractivity contribution in [3.63, 3.8) is 0 Å². The lowest BCUT2D eigenvalue weighted by molar-refractivity contribution is -0.165. The largest absolute Gasteiger partial charge is 0.496 e. The summed E-state index contributed by atoms with van der Waals surface area (Å²) in [5.41, 5.74) is 2.53. The number of piperazine rings is 1. The van der Waals surface area contributed by atoms with Gasteiger partial charge in [0.1, 0.15) is 17.3 Å². The van der Waals surface area contributed by atoms with Crippen molar-refractivity contribution in [2.45, 2.75) is 102 Å². The fourth-order valence-corrected chi connectivity index (χ4v) is 7.48. The van der Waals surface area contributed by atoms with Crippen LogP contribution in [-0.2, 0) is 22.6 Å². The molecule has 1 spiro atoms. The van der Waals surface area contributed by atoms with Gasteiger partial charge in [0.2, 0.25) is 11.8 Å². The van der Waals surface area contributed by atoms with Crippen molar-refractivity contribution >= 4 is 30.2 Å². The maximum absolute atomic E-state index is 13.9. The zero-order valence-electron chi connectivity index (χ0n) is 27.2. The number of aromatic carboxylic acids is 1. The zero-order valence-corrected chi connectivity index (χ0v) is 28.0. The lowest BCUT2D eigenvalue weighted by atomic mass is 9.79. The molecule has 2 heterocycles. The highest BCUT2D eigenvalue weighted by molar-refractivity contribution is 6.00. The van der Waals surface area contributed by atoms with Crippen molar-refractivity contribution in [2.24, 2.45) is 5.92 Å². The number of methoxy groups -OCH3 is 1. The number of carbonyl (C=O) groups excluding carboxylic acids is 2. The molecule has 0 aromatic heterocycles. The molecule has 2 amide bonds. The Balaban J connectivity index is 0.00000480. The average Bonchev–Trinajstić information content (AvgIpc) is 3.34. The number of carbonyl (C=O) groups is 3. The monoisotopic (exact) mass is 655 g/mol. The van der Waals surface area contributed by atoms with Crippen LogP contribution < -0.4 is 10.1 Å². The SMILES string of the molecule is CCCCN1C(=O)[C@@H]([C@H](O)C2CCCCCC2)NC(=O)C12CCN(Cc1ccc(Cc3ccc(C(=O)O)cc3OC)cc1)CC2.Cl. The second-order valence-corrected chi connectivity index (χ2v) is 13.2. The van der Waals surface area contributed by atoms with Crippen molar-refractivity contribution in [2.75, 3.05) is 26.7 Å². The molecule has 2 aliphatic heterocycles. The highest BCUT2D eigenvalue weighted by Gasteiger charge is 2.55. The quantitative estimate of drug-likeness (QED) is 0.285. The minimum atomic E-state index is -0.981. The number of nitrogens with one attached hydrogen (secondary N) is 1. The van der Waals surface area contributed by atoms with Crippen LogP contribution in [0.4, 0.5) is 0 Å². The molecule has 0 radical (unpaired) electrons. The summed E-state index contributed by atoms with van der Waals surface area (Å²) in [4.78, 5) is 43.3. The molecule has 2 atom stereocenters. The molecule has 10 heteroatoms. The maximum Gasteiger partial charge on any atom is 0.335 e. The van der Waals surface area contributed by atoms with E-state index in [2.05, 4.69) is 41.4 Å². The Morgan fingerprint density at radius 1 is 1.02 bits per heavy atom. The van der Waals surface area contributed by atoms with E-state index in [0.717, 1.165) is 56.2 Å². The first-order valence-corrected chi connectivity index (χ1v) is 16.8. The number of hydrogen-bond donors (Lipinski definition) is 3. The fraction of sp³-hybridized carbons (Fsp3) is 0.583. The van der Waals surface area contributed by atoms with Crippen molar-refractivity contribution in [1.29, 1.82) is 0 Å². The molecule has 3 N–H and O–H groups in total. The molecule has 2 aromatic rings. The maximum atomic E-state index is 13.9. The summed E-state index contributed by atoms with van der Waals surface area (Å²) in [7, 11) is 1.55. The summed E-state index contributed by atoms with van der Waals surface area (Å²) in [6.45, 7) is 4.79. The van der Waals surface area contributed by atoms with Gasteiger partial charge in [-0.15, -0.1) is 12.4 Å². The summed E-state index contributed by atoms with van der Waals surface area (Å²) in [6.07, 6.45) is 8.98. The van der Waals surface area contributed by atoms with E-state index >= 15 is 0 Å². The molecule has 2 aromatic carbocycles. The molecule has 252 valence electrons. The predicted molar refractivity (Wildman–Crippen MR) is 179 cm³/mol. The predicted octanol–water partition coefficient (Wildman–Crippen LogP) is 5.20. The zero-order chi connectivity index (χ0) is 32.0. The van der Waals surface area contributed by atoms with Crippen LogP contribution in [0.1, 0.15) is 98.2 Å². The second-order valence-electron chi connectivity index (χ2n) is 13.2. The number of rotatable bonds is 11. The van der Waals surface area contributed by atoms with E-state index < -0.39 is 23.7 Å². The lowest BCUT2D eigenvalue weighted by Gasteiger charge is -2.52. The number of unbranched alkanes of at least 4 members (excludes halogenated alkanes) is 1. The highest BCUT2D eigenvalue weighted by Crippen LogP contribution is 2.36. The Hall–Kier alpha value is -3.14. The minimum absolute atomic E-state index is 0. The topological polar surface area (TPSA) is 119 Å². The number of likely N-dealkylation sites (tertiary alicyclic amines) is 1. The number of aliphatic hydroxyl groups excluding tert-OH is 1. The number of carboxylic acids is 1. The third kappa shape index (κ3) is 7.86. The van der Waals surface area contributed by atoms with Gasteiger partial charge >= 0.3 is 5.97 Å². The van der Waals surface area contributed by atoms with Gasteiger partial charge in [0, 0.05) is 32.6 Å². The van der Waals surface area contributed by atoms with Gasteiger partial charge in [0.25, 0.3) is 0 Å². The van der Waals surface area contributed by atoms with Gasteiger partial charge in [0.15, 0.2) is 0 Å². The standard InChI is InChI=1S/C36H49N3O6.ClH/c1-3-4-19-39-33(41)31(32(40)27-9-7-5-6-8-10-27)37-35(44)36(39)17-20-38(21-18-36)24-26-13-11-25(12-14-26)22-28-15-16-29(34(42)43)23-30(28)45-2;/h11-16,23,27,31-32,40H,3-10,17-22,24H2,1-2H3,(H,37,44)(H,42,43);1H/t31-,32-;/m1./s1. The first-order chi connectivity index (χ1) is 21.8. The number of aliphatic hydroxyl groups is 1. The summed E-state index contributed by atoms with van der Waals surface area (Å²) in [6, 6.07) is 12.5. The van der Waals surface area contributed by atoms with Crippen LogP contribution in [0.25, 0.3) is 0 Å². The van der Waals surface area contributed by atoms with E-state index in [0.29, 0.717) is 44.6 Å². The Labute approximate surface area is 279 Å². The van der Waals surface area contributed by atoms with Crippen molar-refractivity contribution < 1.29 is 29.3 Å². The Morgan fingerprint density at radius 3 is 2.28 bits per heavy atom. The van der Waals surface area contributed by atoms with Crippen LogP contribution in [0, 0.1) is 5.92 Å². The molecule has 1 aliphatic carbocycles. The average molecular weight is 656 g/mol. The smallest absolute Gasteiger partial charge is 0.335 e. The lowest BCUT2D eigenvalue weighted by Crippen LogP contribution is -2.75. The van der Waals surface area contributed by atoms with Gasteiger partial charge in [0.05, 0.1) is 18.8 Å². The molecular formula is C36H50ClN3O6. The molecule has 0 unspecified atom stereocenters. The van der Waals surface area contributed by atoms with Crippen LogP contribution in [-0.4, -0.2) is 82.2 Å². The van der Waals surface area contributed by atoms with Crippen molar-refractivity contribution in [3.05, 3.63) is 64.7 Å². The Bertz CT molecular complexity index is 1340.